The van der Waals surface area contributed by atoms with E-state index in [9.17, 15) is 9.59 Å². The Balaban J connectivity index is 2.71. The molecule has 0 saturated heterocycles. The number of hydrogen-bond donors (Lipinski definition) is 1. The van der Waals surface area contributed by atoms with Crippen molar-refractivity contribution in [3.63, 3.8) is 0 Å². The maximum atomic E-state index is 12.5. The second-order valence-corrected chi connectivity index (χ2v) is 4.76. The smallest absolute Gasteiger partial charge is 0.412 e. The van der Waals surface area contributed by atoms with E-state index < -0.39 is 6.09 Å². The predicted octanol–water partition coefficient (Wildman–Crippen LogP) is 2.15. The van der Waals surface area contributed by atoms with E-state index in [1.807, 2.05) is 6.92 Å². The molecule has 7 heteroatoms. The zero-order valence-corrected chi connectivity index (χ0v) is 13.6. The van der Waals surface area contributed by atoms with E-state index in [1.165, 1.54) is 25.0 Å². The Hall–Kier alpha value is -2.70. The minimum absolute atomic E-state index is 0.188. The number of methoxy groups -OCH3 is 2. The van der Waals surface area contributed by atoms with Crippen LogP contribution >= 0.6 is 0 Å². The van der Waals surface area contributed by atoms with Crippen LogP contribution in [0.15, 0.2) is 23.1 Å². The zero-order valence-electron chi connectivity index (χ0n) is 13.6. The van der Waals surface area contributed by atoms with Crippen molar-refractivity contribution in [3.8, 4) is 17.2 Å². The molecule has 0 aliphatic carbocycles. The second-order valence-electron chi connectivity index (χ2n) is 4.76. The number of fused-ring (bicyclic) bond motifs is 1. The highest BCUT2D eigenvalue weighted by Crippen LogP contribution is 2.34. The molecule has 0 radical (unpaired) electrons. The summed E-state index contributed by atoms with van der Waals surface area (Å²) in [5.74, 6) is 1.18. The number of pyridine rings is 1. The second kappa shape index (κ2) is 7.04. The average molecular weight is 320 g/mol. The van der Waals surface area contributed by atoms with Crippen molar-refractivity contribution in [2.45, 2.75) is 20.4 Å². The van der Waals surface area contributed by atoms with Crippen LogP contribution in [-0.2, 0) is 6.54 Å². The maximum Gasteiger partial charge on any atom is 0.412 e. The van der Waals surface area contributed by atoms with Gasteiger partial charge in [0.05, 0.1) is 25.8 Å². The molecule has 2 aromatic rings. The molecule has 1 aromatic carbocycles. The molecule has 0 spiro atoms. The Labute approximate surface area is 133 Å². The van der Waals surface area contributed by atoms with Gasteiger partial charge < -0.3 is 24.1 Å². The Morgan fingerprint density at radius 3 is 2.22 bits per heavy atom. The van der Waals surface area contributed by atoms with Crippen molar-refractivity contribution in [2.75, 3.05) is 20.8 Å². The molecule has 0 bridgehead atoms. The standard InChI is InChI=1S/C16H20N2O5/c1-5-17-16(20)23-14-9-18(6-2)15(19)11-8-13(22-4)12(21-3)7-10(11)14/h7-9H,5-6H2,1-4H3,(H,17,20). The third-order valence-corrected chi connectivity index (χ3v) is 3.42. The minimum atomic E-state index is -0.579. The van der Waals surface area contributed by atoms with Gasteiger partial charge in [-0.15, -0.1) is 0 Å². The topological polar surface area (TPSA) is 78.8 Å². The summed E-state index contributed by atoms with van der Waals surface area (Å²) < 4.78 is 17.3. The van der Waals surface area contributed by atoms with Gasteiger partial charge in [-0.3, -0.25) is 4.79 Å². The number of nitrogens with one attached hydrogen (secondary N) is 1. The van der Waals surface area contributed by atoms with Crippen molar-refractivity contribution in [1.82, 2.24) is 9.88 Å². The molecule has 0 aliphatic heterocycles. The van der Waals surface area contributed by atoms with Gasteiger partial charge in [-0.2, -0.15) is 0 Å². The first-order valence-electron chi connectivity index (χ1n) is 7.30. The van der Waals surface area contributed by atoms with Gasteiger partial charge in [-0.25, -0.2) is 4.79 Å². The van der Waals surface area contributed by atoms with Gasteiger partial charge in [-0.05, 0) is 26.0 Å². The van der Waals surface area contributed by atoms with Crippen LogP contribution in [0.4, 0.5) is 4.79 Å². The highest BCUT2D eigenvalue weighted by Gasteiger charge is 2.16. The monoisotopic (exact) mass is 320 g/mol. The van der Waals surface area contributed by atoms with E-state index in [-0.39, 0.29) is 11.3 Å². The average Bonchev–Trinajstić information content (AvgIpc) is 2.56. The number of hydrogen-bond acceptors (Lipinski definition) is 5. The van der Waals surface area contributed by atoms with Crippen molar-refractivity contribution >= 4 is 16.9 Å². The third kappa shape index (κ3) is 3.23. The fourth-order valence-electron chi connectivity index (χ4n) is 2.28. The molecule has 124 valence electrons. The normalized spacial score (nSPS) is 10.4. The van der Waals surface area contributed by atoms with Gasteiger partial charge in [0, 0.05) is 18.5 Å². The van der Waals surface area contributed by atoms with Crippen LogP contribution in [0.25, 0.3) is 10.8 Å². The highest BCUT2D eigenvalue weighted by atomic mass is 16.6. The Kier molecular flexibility index (Phi) is 5.10. The largest absolute Gasteiger partial charge is 0.493 e. The summed E-state index contributed by atoms with van der Waals surface area (Å²) in [4.78, 5) is 24.2. The first-order valence-corrected chi connectivity index (χ1v) is 7.30. The van der Waals surface area contributed by atoms with Gasteiger partial charge in [0.25, 0.3) is 5.56 Å². The van der Waals surface area contributed by atoms with Gasteiger partial charge >= 0.3 is 6.09 Å². The summed E-state index contributed by atoms with van der Waals surface area (Å²) in [6.07, 6.45) is 0.941. The Morgan fingerprint density at radius 2 is 1.70 bits per heavy atom. The Bertz CT molecular complexity index is 782. The lowest BCUT2D eigenvalue weighted by Crippen LogP contribution is -2.27. The van der Waals surface area contributed by atoms with E-state index >= 15 is 0 Å². The summed E-state index contributed by atoms with van der Waals surface area (Å²) in [6, 6.07) is 3.22. The SMILES string of the molecule is CCNC(=O)Oc1cn(CC)c(=O)c2cc(OC)c(OC)cc12. The number of amides is 1. The zero-order chi connectivity index (χ0) is 17.0. The van der Waals surface area contributed by atoms with Crippen LogP contribution in [0.1, 0.15) is 13.8 Å². The summed E-state index contributed by atoms with van der Waals surface area (Å²) in [6.45, 7) is 4.53. The van der Waals surface area contributed by atoms with Crippen LogP contribution in [0.3, 0.4) is 0 Å². The van der Waals surface area contributed by atoms with Crippen LogP contribution in [0.5, 0.6) is 17.2 Å². The number of carbonyl (C=O) groups is 1. The summed E-state index contributed by atoms with van der Waals surface area (Å²) in [5.41, 5.74) is -0.188. The molecule has 1 N–H and O–H groups in total. The molecular formula is C16H20N2O5. The van der Waals surface area contributed by atoms with Gasteiger partial charge in [-0.1, -0.05) is 0 Å². The van der Waals surface area contributed by atoms with E-state index in [4.69, 9.17) is 14.2 Å². The molecule has 0 fully saturated rings. The van der Waals surface area contributed by atoms with E-state index in [0.29, 0.717) is 35.4 Å². The first-order chi connectivity index (χ1) is 11.0. The predicted molar refractivity (Wildman–Crippen MR) is 86.7 cm³/mol. The molecule has 0 aliphatic rings. The highest BCUT2D eigenvalue weighted by molar-refractivity contribution is 5.92. The van der Waals surface area contributed by atoms with E-state index in [1.54, 1.807) is 19.1 Å². The number of carbonyl (C=O) groups excluding carboxylic acids is 1. The fraction of sp³-hybridized carbons (Fsp3) is 0.375. The van der Waals surface area contributed by atoms with E-state index in [0.717, 1.165) is 0 Å². The maximum absolute atomic E-state index is 12.5. The molecule has 7 nitrogen and oxygen atoms in total. The van der Waals surface area contributed by atoms with Crippen LogP contribution in [0.2, 0.25) is 0 Å². The number of rotatable bonds is 5. The molecular weight excluding hydrogens is 300 g/mol. The minimum Gasteiger partial charge on any atom is -0.493 e. The molecule has 1 amide bonds. The molecule has 0 saturated carbocycles. The first kappa shape index (κ1) is 16.7. The van der Waals surface area contributed by atoms with Gasteiger partial charge in [0.2, 0.25) is 0 Å². The van der Waals surface area contributed by atoms with Crippen molar-refractivity contribution in [2.24, 2.45) is 0 Å². The van der Waals surface area contributed by atoms with Crippen molar-refractivity contribution < 1.29 is 19.0 Å². The number of nitrogens with zero attached hydrogens (tertiary/aromatic N) is 1. The van der Waals surface area contributed by atoms with Crippen LogP contribution in [0, 0.1) is 0 Å². The Morgan fingerprint density at radius 1 is 1.09 bits per heavy atom. The molecule has 1 aromatic heterocycles. The molecule has 0 atom stereocenters. The molecule has 2 rings (SSSR count). The summed E-state index contributed by atoms with van der Waals surface area (Å²) >= 11 is 0. The van der Waals surface area contributed by atoms with E-state index in [2.05, 4.69) is 5.32 Å². The lowest BCUT2D eigenvalue weighted by atomic mass is 10.1. The summed E-state index contributed by atoms with van der Waals surface area (Å²) in [7, 11) is 3.00. The molecule has 23 heavy (non-hydrogen) atoms. The van der Waals surface area contributed by atoms with Crippen molar-refractivity contribution in [3.05, 3.63) is 28.7 Å². The number of aromatic nitrogens is 1. The van der Waals surface area contributed by atoms with Crippen molar-refractivity contribution in [1.29, 1.82) is 0 Å². The third-order valence-electron chi connectivity index (χ3n) is 3.42. The number of ether oxygens (including phenoxy) is 3. The number of benzene rings is 1. The van der Waals surface area contributed by atoms with Crippen LogP contribution < -0.4 is 25.1 Å². The lowest BCUT2D eigenvalue weighted by Gasteiger charge is -2.14. The summed E-state index contributed by atoms with van der Waals surface area (Å²) in [5, 5.41) is 3.44. The van der Waals surface area contributed by atoms with Gasteiger partial charge in [0.15, 0.2) is 17.2 Å². The van der Waals surface area contributed by atoms with Crippen LogP contribution in [-0.4, -0.2) is 31.4 Å². The molecule has 1 heterocycles. The fourth-order valence-corrected chi connectivity index (χ4v) is 2.28. The lowest BCUT2D eigenvalue weighted by molar-refractivity contribution is 0.201. The quantitative estimate of drug-likeness (QED) is 0.913. The van der Waals surface area contributed by atoms with Gasteiger partial charge in [0.1, 0.15) is 0 Å². The number of aryl methyl sites for hydroxylation is 1. The molecule has 0 unspecified atom stereocenters.